The van der Waals surface area contributed by atoms with Gasteiger partial charge in [-0.25, -0.2) is 0 Å². The summed E-state index contributed by atoms with van der Waals surface area (Å²) in [6, 6.07) is 10.8. The maximum atomic E-state index is 11.9. The summed E-state index contributed by atoms with van der Waals surface area (Å²) in [4.78, 5) is 20.8. The maximum Gasteiger partial charge on any atom is 0.261 e. The van der Waals surface area contributed by atoms with Crippen LogP contribution in [0.3, 0.4) is 0 Å². The molecule has 0 unspecified atom stereocenters. The summed E-state index contributed by atoms with van der Waals surface area (Å²) in [6.45, 7) is 6.36. The smallest absolute Gasteiger partial charge is 0.261 e. The quantitative estimate of drug-likeness (QED) is 0.704. The SMILES string of the molecule is CNC(=O)c1ccc([C@@H]2CCCN2Cc2cc(C)n(-c3cccnc3)c2C)s1. The van der Waals surface area contributed by atoms with Crippen molar-refractivity contribution in [3.8, 4) is 5.69 Å². The molecule has 5 nitrogen and oxygen atoms in total. The van der Waals surface area contributed by atoms with Crippen LogP contribution in [-0.4, -0.2) is 34.0 Å². The van der Waals surface area contributed by atoms with Gasteiger partial charge in [0.2, 0.25) is 0 Å². The summed E-state index contributed by atoms with van der Waals surface area (Å²) in [5, 5.41) is 2.72. The number of amides is 1. The number of carbonyl (C=O) groups excluding carboxylic acids is 1. The first-order chi connectivity index (χ1) is 13.6. The highest BCUT2D eigenvalue weighted by Gasteiger charge is 2.28. The molecule has 0 spiro atoms. The van der Waals surface area contributed by atoms with Crippen LogP contribution in [0.15, 0.2) is 42.7 Å². The lowest BCUT2D eigenvalue weighted by atomic mass is 10.1. The Kier molecular flexibility index (Phi) is 5.33. The molecule has 3 aromatic heterocycles. The van der Waals surface area contributed by atoms with Gasteiger partial charge < -0.3 is 9.88 Å². The molecule has 28 heavy (non-hydrogen) atoms. The Labute approximate surface area is 170 Å². The Morgan fingerprint density at radius 1 is 1.32 bits per heavy atom. The molecule has 1 aliphatic heterocycles. The predicted octanol–water partition coefficient (Wildman–Crippen LogP) is 4.25. The topological polar surface area (TPSA) is 50.2 Å². The molecule has 6 heteroatoms. The Morgan fingerprint density at radius 3 is 2.93 bits per heavy atom. The number of hydrogen-bond acceptors (Lipinski definition) is 4. The summed E-state index contributed by atoms with van der Waals surface area (Å²) >= 11 is 1.62. The first kappa shape index (κ1) is 18.9. The van der Waals surface area contributed by atoms with Crippen LogP contribution in [0.5, 0.6) is 0 Å². The number of aromatic nitrogens is 2. The summed E-state index contributed by atoms with van der Waals surface area (Å²) in [7, 11) is 1.68. The van der Waals surface area contributed by atoms with Crippen LogP contribution >= 0.6 is 11.3 Å². The minimum Gasteiger partial charge on any atom is -0.354 e. The molecule has 4 rings (SSSR count). The normalized spacial score (nSPS) is 17.2. The molecule has 3 aromatic rings. The van der Waals surface area contributed by atoms with E-state index >= 15 is 0 Å². The van der Waals surface area contributed by atoms with Crippen LogP contribution in [0.1, 0.15) is 50.4 Å². The third-order valence-corrected chi connectivity index (χ3v) is 6.77. The molecule has 1 saturated heterocycles. The van der Waals surface area contributed by atoms with E-state index in [-0.39, 0.29) is 5.91 Å². The van der Waals surface area contributed by atoms with Crippen LogP contribution in [0.2, 0.25) is 0 Å². The molecule has 0 aromatic carbocycles. The van der Waals surface area contributed by atoms with E-state index in [1.54, 1.807) is 18.4 Å². The number of carbonyl (C=O) groups is 1. The van der Waals surface area contributed by atoms with Gasteiger partial charge in [0.25, 0.3) is 5.91 Å². The standard InChI is InChI=1S/C22H26N4OS/c1-15-12-17(16(2)26(15)18-6-4-10-24-13-18)14-25-11-5-7-19(25)20-8-9-21(28-20)22(27)23-3/h4,6,8-10,12-13,19H,5,7,11,14H2,1-3H3,(H,23,27)/t19-/m0/s1. The van der Waals surface area contributed by atoms with Crippen LogP contribution in [0.4, 0.5) is 0 Å². The number of nitrogens with zero attached hydrogens (tertiary/aromatic N) is 3. The lowest BCUT2D eigenvalue weighted by Gasteiger charge is -2.23. The number of thiophene rings is 1. The molecule has 1 N–H and O–H groups in total. The Hall–Kier alpha value is -2.44. The molecule has 1 amide bonds. The molecular formula is C22H26N4OS. The highest BCUT2D eigenvalue weighted by atomic mass is 32.1. The van der Waals surface area contributed by atoms with Crippen molar-refractivity contribution in [1.82, 2.24) is 19.8 Å². The molecule has 1 aliphatic rings. The number of likely N-dealkylation sites (tertiary alicyclic amines) is 1. The van der Waals surface area contributed by atoms with Gasteiger partial charge in [0.1, 0.15) is 0 Å². The Morgan fingerprint density at radius 2 is 2.18 bits per heavy atom. The molecule has 1 fully saturated rings. The van der Waals surface area contributed by atoms with Gasteiger partial charge in [0, 0.05) is 42.1 Å². The number of nitrogens with one attached hydrogen (secondary N) is 1. The second-order valence-electron chi connectivity index (χ2n) is 7.35. The third-order valence-electron chi connectivity index (χ3n) is 5.58. The van der Waals surface area contributed by atoms with E-state index in [0.29, 0.717) is 6.04 Å². The number of aryl methyl sites for hydroxylation is 1. The summed E-state index contributed by atoms with van der Waals surface area (Å²) < 4.78 is 2.28. The largest absolute Gasteiger partial charge is 0.354 e. The van der Waals surface area contributed by atoms with E-state index < -0.39 is 0 Å². The van der Waals surface area contributed by atoms with Gasteiger partial charge in [-0.1, -0.05) is 0 Å². The minimum absolute atomic E-state index is 0.000753. The zero-order valence-electron chi connectivity index (χ0n) is 16.6. The van der Waals surface area contributed by atoms with E-state index in [1.165, 1.54) is 28.2 Å². The molecule has 4 heterocycles. The van der Waals surface area contributed by atoms with E-state index in [0.717, 1.165) is 30.1 Å². The van der Waals surface area contributed by atoms with Crippen LogP contribution in [0, 0.1) is 13.8 Å². The van der Waals surface area contributed by atoms with Gasteiger partial charge in [-0.3, -0.25) is 14.7 Å². The van der Waals surface area contributed by atoms with Crippen molar-refractivity contribution in [3.63, 3.8) is 0 Å². The summed E-state index contributed by atoms with van der Waals surface area (Å²) in [5.74, 6) is 0.000753. The van der Waals surface area contributed by atoms with Gasteiger partial charge in [0.15, 0.2) is 0 Å². The van der Waals surface area contributed by atoms with Crippen molar-refractivity contribution in [2.75, 3.05) is 13.6 Å². The van der Waals surface area contributed by atoms with Gasteiger partial charge in [-0.2, -0.15) is 0 Å². The highest BCUT2D eigenvalue weighted by molar-refractivity contribution is 7.14. The molecular weight excluding hydrogens is 368 g/mol. The van der Waals surface area contributed by atoms with Gasteiger partial charge in [-0.05, 0) is 69.1 Å². The van der Waals surface area contributed by atoms with Gasteiger partial charge in [0.05, 0.1) is 16.8 Å². The fourth-order valence-electron chi connectivity index (χ4n) is 4.21. The van der Waals surface area contributed by atoms with Crippen molar-refractivity contribution in [2.45, 2.75) is 39.3 Å². The van der Waals surface area contributed by atoms with Crippen LogP contribution < -0.4 is 5.32 Å². The number of hydrogen-bond donors (Lipinski definition) is 1. The summed E-state index contributed by atoms with van der Waals surface area (Å²) in [5.41, 5.74) is 4.97. The fraction of sp³-hybridized carbons (Fsp3) is 0.364. The average molecular weight is 395 g/mol. The van der Waals surface area contributed by atoms with Crippen molar-refractivity contribution < 1.29 is 4.79 Å². The van der Waals surface area contributed by atoms with E-state index in [4.69, 9.17) is 0 Å². The van der Waals surface area contributed by atoms with E-state index in [9.17, 15) is 4.79 Å². The lowest BCUT2D eigenvalue weighted by molar-refractivity contribution is 0.0967. The zero-order valence-corrected chi connectivity index (χ0v) is 17.4. The number of pyridine rings is 1. The van der Waals surface area contributed by atoms with E-state index in [1.807, 2.05) is 24.5 Å². The second-order valence-corrected chi connectivity index (χ2v) is 8.47. The van der Waals surface area contributed by atoms with Crippen molar-refractivity contribution in [2.24, 2.45) is 0 Å². The molecule has 0 aliphatic carbocycles. The van der Waals surface area contributed by atoms with Crippen LogP contribution in [0.25, 0.3) is 5.69 Å². The van der Waals surface area contributed by atoms with Crippen LogP contribution in [-0.2, 0) is 6.54 Å². The van der Waals surface area contributed by atoms with Crippen molar-refractivity contribution in [3.05, 3.63) is 69.4 Å². The molecule has 0 radical (unpaired) electrons. The number of rotatable bonds is 5. The van der Waals surface area contributed by atoms with Crippen molar-refractivity contribution >= 4 is 17.2 Å². The molecule has 146 valence electrons. The Balaban J connectivity index is 1.57. The zero-order chi connectivity index (χ0) is 19.7. The fourth-order valence-corrected chi connectivity index (χ4v) is 5.33. The summed E-state index contributed by atoms with van der Waals surface area (Å²) in [6.07, 6.45) is 6.06. The minimum atomic E-state index is 0.000753. The molecule has 0 saturated carbocycles. The van der Waals surface area contributed by atoms with E-state index in [2.05, 4.69) is 51.8 Å². The predicted molar refractivity (Wildman–Crippen MR) is 113 cm³/mol. The van der Waals surface area contributed by atoms with Gasteiger partial charge in [-0.15, -0.1) is 11.3 Å². The molecule has 1 atom stereocenters. The average Bonchev–Trinajstić information content (AvgIpc) is 3.42. The molecule has 0 bridgehead atoms. The monoisotopic (exact) mass is 394 g/mol. The first-order valence-corrected chi connectivity index (χ1v) is 10.5. The lowest BCUT2D eigenvalue weighted by Crippen LogP contribution is -2.22. The second kappa shape index (κ2) is 7.89. The third kappa shape index (κ3) is 3.50. The van der Waals surface area contributed by atoms with Gasteiger partial charge >= 0.3 is 0 Å². The van der Waals surface area contributed by atoms with Crippen molar-refractivity contribution in [1.29, 1.82) is 0 Å². The Bertz CT molecular complexity index is 976. The highest BCUT2D eigenvalue weighted by Crippen LogP contribution is 2.37. The first-order valence-electron chi connectivity index (χ1n) is 9.72. The maximum absolute atomic E-state index is 11.9.